The molecule has 0 aromatic heterocycles. The lowest BCUT2D eigenvalue weighted by Gasteiger charge is -2.04. The molecular weight excluding hydrogens is 256 g/mol. The van der Waals surface area contributed by atoms with Crippen molar-refractivity contribution in [1.82, 2.24) is 5.32 Å². The Bertz CT molecular complexity index is 379. The number of rotatable bonds is 4. The quantitative estimate of drug-likeness (QED) is 0.496. The lowest BCUT2D eigenvalue weighted by atomic mass is 10.1. The van der Waals surface area contributed by atoms with Gasteiger partial charge in [-0.2, -0.15) is 0 Å². The molecular formula is C11H13BrN2O. The van der Waals surface area contributed by atoms with Crippen molar-refractivity contribution in [3.05, 3.63) is 29.3 Å². The van der Waals surface area contributed by atoms with Crippen LogP contribution in [-0.2, 0) is 17.6 Å². The van der Waals surface area contributed by atoms with Crippen LogP contribution in [0, 0.1) is 0 Å². The van der Waals surface area contributed by atoms with Crippen molar-refractivity contribution >= 4 is 27.5 Å². The van der Waals surface area contributed by atoms with E-state index in [9.17, 15) is 4.79 Å². The van der Waals surface area contributed by atoms with E-state index in [0.29, 0.717) is 6.42 Å². The predicted molar refractivity (Wildman–Crippen MR) is 64.3 cm³/mol. The van der Waals surface area contributed by atoms with Crippen LogP contribution in [0.5, 0.6) is 0 Å². The van der Waals surface area contributed by atoms with Crippen molar-refractivity contribution in [2.75, 3.05) is 17.3 Å². The Kier molecular flexibility index (Phi) is 3.38. The molecule has 3 nitrogen and oxygen atoms in total. The molecule has 0 spiro atoms. The highest BCUT2D eigenvalue weighted by molar-refractivity contribution is 9.09. The number of hydrogen-bond acceptors (Lipinski definition) is 2. The molecule has 0 atom stereocenters. The molecule has 4 heteroatoms. The zero-order valence-electron chi connectivity index (χ0n) is 8.35. The van der Waals surface area contributed by atoms with Gasteiger partial charge in [-0.25, -0.2) is 0 Å². The number of anilines is 1. The molecule has 1 aromatic carbocycles. The predicted octanol–water partition coefficient (Wildman–Crippen LogP) is 1.67. The van der Waals surface area contributed by atoms with Gasteiger partial charge in [-0.1, -0.05) is 28.1 Å². The van der Waals surface area contributed by atoms with E-state index >= 15 is 0 Å². The van der Waals surface area contributed by atoms with Crippen molar-refractivity contribution in [2.45, 2.75) is 12.8 Å². The highest BCUT2D eigenvalue weighted by Gasteiger charge is 2.16. The number of alkyl halides is 1. The van der Waals surface area contributed by atoms with Gasteiger partial charge in [0.15, 0.2) is 0 Å². The standard InChI is InChI=1S/C11H13BrN2O/c12-7-13-4-3-8-1-2-10-9(5-8)6-11(15)14-10/h1-2,5,13H,3-4,6-7H2,(H,14,15). The summed E-state index contributed by atoms with van der Waals surface area (Å²) in [6, 6.07) is 6.17. The minimum atomic E-state index is 0.0979. The first-order valence-electron chi connectivity index (χ1n) is 4.98. The molecule has 0 saturated carbocycles. The lowest BCUT2D eigenvalue weighted by Crippen LogP contribution is -2.14. The lowest BCUT2D eigenvalue weighted by molar-refractivity contribution is -0.115. The maximum Gasteiger partial charge on any atom is 0.228 e. The molecule has 0 saturated heterocycles. The Morgan fingerprint density at radius 2 is 2.33 bits per heavy atom. The van der Waals surface area contributed by atoms with E-state index in [-0.39, 0.29) is 5.91 Å². The first-order valence-corrected chi connectivity index (χ1v) is 6.10. The maximum absolute atomic E-state index is 11.1. The van der Waals surface area contributed by atoms with Crippen molar-refractivity contribution < 1.29 is 4.79 Å². The highest BCUT2D eigenvalue weighted by Crippen LogP contribution is 2.23. The second-order valence-corrected chi connectivity index (χ2v) is 4.16. The van der Waals surface area contributed by atoms with Gasteiger partial charge in [0.1, 0.15) is 0 Å². The monoisotopic (exact) mass is 268 g/mol. The van der Waals surface area contributed by atoms with Crippen LogP contribution in [0.2, 0.25) is 0 Å². The summed E-state index contributed by atoms with van der Waals surface area (Å²) in [4.78, 5) is 11.1. The first-order chi connectivity index (χ1) is 7.29. The first kappa shape index (κ1) is 10.6. The van der Waals surface area contributed by atoms with Crippen molar-refractivity contribution in [1.29, 1.82) is 0 Å². The van der Waals surface area contributed by atoms with Crippen molar-refractivity contribution in [2.24, 2.45) is 0 Å². The Morgan fingerprint density at radius 3 is 3.13 bits per heavy atom. The Balaban J connectivity index is 2.03. The third kappa shape index (κ3) is 2.58. The van der Waals surface area contributed by atoms with Gasteiger partial charge >= 0.3 is 0 Å². The van der Waals surface area contributed by atoms with Crippen LogP contribution < -0.4 is 10.6 Å². The summed E-state index contributed by atoms with van der Waals surface area (Å²) in [6.45, 7) is 0.950. The minimum absolute atomic E-state index is 0.0979. The second-order valence-electron chi connectivity index (χ2n) is 3.60. The van der Waals surface area contributed by atoms with Gasteiger partial charge < -0.3 is 10.6 Å². The summed E-state index contributed by atoms with van der Waals surface area (Å²) in [6.07, 6.45) is 1.52. The van der Waals surface area contributed by atoms with Crippen LogP contribution >= 0.6 is 15.9 Å². The molecule has 1 amide bonds. The van der Waals surface area contributed by atoms with Crippen LogP contribution in [0.25, 0.3) is 0 Å². The molecule has 0 radical (unpaired) electrons. The topological polar surface area (TPSA) is 41.1 Å². The van der Waals surface area contributed by atoms with Crippen LogP contribution in [-0.4, -0.2) is 17.9 Å². The average Bonchev–Trinajstić information content (AvgIpc) is 2.57. The highest BCUT2D eigenvalue weighted by atomic mass is 79.9. The summed E-state index contributed by atoms with van der Waals surface area (Å²) >= 11 is 3.31. The van der Waals surface area contributed by atoms with Crippen LogP contribution in [0.3, 0.4) is 0 Å². The number of nitrogens with one attached hydrogen (secondary N) is 2. The summed E-state index contributed by atoms with van der Waals surface area (Å²) in [5.41, 5.74) is 4.19. The Morgan fingerprint density at radius 1 is 1.47 bits per heavy atom. The van der Waals surface area contributed by atoms with E-state index in [1.165, 1.54) is 5.56 Å². The van der Waals surface area contributed by atoms with Crippen LogP contribution in [0.1, 0.15) is 11.1 Å². The van der Waals surface area contributed by atoms with Gasteiger partial charge in [0, 0.05) is 5.69 Å². The number of carbonyl (C=O) groups excluding carboxylic acids is 1. The van der Waals surface area contributed by atoms with Gasteiger partial charge in [-0.05, 0) is 30.2 Å². The summed E-state index contributed by atoms with van der Waals surface area (Å²) in [5, 5.41) is 6.04. The molecule has 15 heavy (non-hydrogen) atoms. The molecule has 1 heterocycles. The second kappa shape index (κ2) is 4.77. The summed E-state index contributed by atoms with van der Waals surface area (Å²) < 4.78 is 0. The molecule has 1 aliphatic heterocycles. The smallest absolute Gasteiger partial charge is 0.228 e. The molecule has 2 rings (SSSR count). The molecule has 1 aromatic rings. The fourth-order valence-corrected chi connectivity index (χ4v) is 2.02. The number of hydrogen-bond donors (Lipinski definition) is 2. The number of halogens is 1. The van der Waals surface area contributed by atoms with Gasteiger partial charge in [0.25, 0.3) is 0 Å². The van der Waals surface area contributed by atoms with Crippen molar-refractivity contribution in [3.63, 3.8) is 0 Å². The Hall–Kier alpha value is -0.870. The number of benzene rings is 1. The third-order valence-corrected chi connectivity index (χ3v) is 2.88. The molecule has 0 bridgehead atoms. The largest absolute Gasteiger partial charge is 0.326 e. The number of carbonyl (C=O) groups is 1. The summed E-state index contributed by atoms with van der Waals surface area (Å²) in [5.74, 6) is 0.0979. The minimum Gasteiger partial charge on any atom is -0.326 e. The van der Waals surface area contributed by atoms with E-state index in [0.717, 1.165) is 29.7 Å². The molecule has 0 unspecified atom stereocenters. The SMILES string of the molecule is O=C1Cc2cc(CCNCBr)ccc2N1. The normalized spacial score (nSPS) is 13.8. The van der Waals surface area contributed by atoms with E-state index < -0.39 is 0 Å². The fraction of sp³-hybridized carbons (Fsp3) is 0.364. The zero-order valence-corrected chi connectivity index (χ0v) is 9.93. The number of fused-ring (bicyclic) bond motifs is 1. The zero-order chi connectivity index (χ0) is 10.7. The number of amides is 1. The van der Waals surface area contributed by atoms with Gasteiger partial charge in [0.05, 0.1) is 11.9 Å². The molecule has 80 valence electrons. The van der Waals surface area contributed by atoms with Gasteiger partial charge in [-0.3, -0.25) is 4.79 Å². The van der Waals surface area contributed by atoms with E-state index in [2.05, 4.69) is 38.7 Å². The van der Waals surface area contributed by atoms with Gasteiger partial charge in [0.2, 0.25) is 5.91 Å². The molecule has 1 aliphatic rings. The fourth-order valence-electron chi connectivity index (χ4n) is 1.74. The average molecular weight is 269 g/mol. The maximum atomic E-state index is 11.1. The molecule has 2 N–H and O–H groups in total. The third-order valence-electron chi connectivity index (χ3n) is 2.48. The van der Waals surface area contributed by atoms with Crippen LogP contribution in [0.4, 0.5) is 5.69 Å². The molecule has 0 fully saturated rings. The van der Waals surface area contributed by atoms with Crippen molar-refractivity contribution in [3.8, 4) is 0 Å². The summed E-state index contributed by atoms with van der Waals surface area (Å²) in [7, 11) is 0. The molecule has 0 aliphatic carbocycles. The van der Waals surface area contributed by atoms with E-state index in [1.807, 2.05) is 6.07 Å². The van der Waals surface area contributed by atoms with Gasteiger partial charge in [-0.15, -0.1) is 0 Å². The van der Waals surface area contributed by atoms with E-state index in [1.54, 1.807) is 0 Å². The Labute approximate surface area is 97.4 Å². The van der Waals surface area contributed by atoms with E-state index in [4.69, 9.17) is 0 Å². The van der Waals surface area contributed by atoms with Crippen LogP contribution in [0.15, 0.2) is 18.2 Å².